The average Bonchev–Trinajstić information content (AvgIpc) is 2.83. The van der Waals surface area contributed by atoms with Crippen molar-refractivity contribution >= 4 is 50.3 Å². The molecule has 1 amide bonds. The van der Waals surface area contributed by atoms with Crippen molar-refractivity contribution in [3.63, 3.8) is 0 Å². The fourth-order valence-corrected chi connectivity index (χ4v) is 4.44. The normalized spacial score (nSPS) is 11.6. The van der Waals surface area contributed by atoms with Gasteiger partial charge in [-0.15, -0.1) is 0 Å². The molecule has 1 aromatic heterocycles. The first-order valence-electron chi connectivity index (χ1n) is 10.3. The Morgan fingerprint density at radius 2 is 1.71 bits per heavy atom. The Morgan fingerprint density at radius 3 is 2.41 bits per heavy atom. The molecule has 0 saturated carbocycles. The minimum atomic E-state index is -3.52. The lowest BCUT2D eigenvalue weighted by molar-refractivity contribution is 0.0955. The van der Waals surface area contributed by atoms with Crippen molar-refractivity contribution < 1.29 is 13.2 Å². The summed E-state index contributed by atoms with van der Waals surface area (Å²) in [6.07, 6.45) is 2.58. The number of carbonyl (C=O) groups excluding carboxylic acids is 1. The summed E-state index contributed by atoms with van der Waals surface area (Å²) in [5, 5.41) is 5.16. The van der Waals surface area contributed by atoms with Gasteiger partial charge >= 0.3 is 0 Å². The molecule has 9 heteroatoms. The third kappa shape index (κ3) is 5.59. The largest absolute Gasteiger partial charge is 0.271 e. The van der Waals surface area contributed by atoms with Gasteiger partial charge in [0, 0.05) is 16.5 Å². The van der Waals surface area contributed by atoms with Crippen LogP contribution in [0.4, 0.5) is 5.69 Å². The number of fused-ring (bicyclic) bond motifs is 1. The number of amides is 1. The highest BCUT2D eigenvalue weighted by atomic mass is 35.5. The lowest BCUT2D eigenvalue weighted by Crippen LogP contribution is -2.29. The molecule has 0 bridgehead atoms. The summed E-state index contributed by atoms with van der Waals surface area (Å²) >= 11 is 6.21. The van der Waals surface area contributed by atoms with Crippen LogP contribution in [-0.2, 0) is 16.6 Å². The third-order valence-corrected chi connectivity index (χ3v) is 6.50. The second-order valence-corrected chi connectivity index (χ2v) is 9.83. The van der Waals surface area contributed by atoms with E-state index in [1.54, 1.807) is 24.3 Å². The fraction of sp³-hybridized carbons (Fsp3) is 0.0800. The molecule has 0 fully saturated rings. The number of aromatic nitrogens is 1. The number of carbonyl (C=O) groups is 1. The number of nitrogens with one attached hydrogen (secondary N) is 1. The Morgan fingerprint density at radius 1 is 1.03 bits per heavy atom. The number of hydrazone groups is 1. The van der Waals surface area contributed by atoms with Crippen molar-refractivity contribution in [1.29, 1.82) is 0 Å². The summed E-state index contributed by atoms with van der Waals surface area (Å²) in [6.45, 7) is 0.191. The Balaban J connectivity index is 1.47. The monoisotopic (exact) mass is 492 g/mol. The van der Waals surface area contributed by atoms with Gasteiger partial charge in [-0.1, -0.05) is 60.1 Å². The number of rotatable bonds is 7. The van der Waals surface area contributed by atoms with Gasteiger partial charge in [-0.2, -0.15) is 5.10 Å². The maximum absolute atomic E-state index is 12.5. The number of halogens is 1. The summed E-state index contributed by atoms with van der Waals surface area (Å²) < 4.78 is 26.0. The zero-order valence-electron chi connectivity index (χ0n) is 18.2. The van der Waals surface area contributed by atoms with E-state index in [2.05, 4.69) is 15.5 Å². The van der Waals surface area contributed by atoms with Crippen molar-refractivity contribution in [2.24, 2.45) is 5.10 Å². The van der Waals surface area contributed by atoms with E-state index in [4.69, 9.17) is 11.6 Å². The predicted molar refractivity (Wildman–Crippen MR) is 136 cm³/mol. The summed E-state index contributed by atoms with van der Waals surface area (Å²) in [7, 11) is -3.52. The molecule has 0 spiro atoms. The minimum Gasteiger partial charge on any atom is -0.267 e. The minimum absolute atomic E-state index is 0.191. The number of pyridine rings is 1. The molecule has 0 atom stereocenters. The topological polar surface area (TPSA) is 91.7 Å². The van der Waals surface area contributed by atoms with E-state index in [-0.39, 0.29) is 11.7 Å². The van der Waals surface area contributed by atoms with E-state index >= 15 is 0 Å². The maximum atomic E-state index is 12.5. The quantitative estimate of drug-likeness (QED) is 0.231. The zero-order chi connectivity index (χ0) is 24.1. The van der Waals surface area contributed by atoms with Crippen LogP contribution in [0.3, 0.4) is 0 Å². The second-order valence-electron chi connectivity index (χ2n) is 7.56. The molecule has 34 heavy (non-hydrogen) atoms. The highest BCUT2D eigenvalue weighted by molar-refractivity contribution is 7.92. The van der Waals surface area contributed by atoms with Crippen LogP contribution < -0.4 is 9.73 Å². The number of sulfonamides is 1. The maximum Gasteiger partial charge on any atom is 0.271 e. The Labute approximate surface area is 202 Å². The van der Waals surface area contributed by atoms with Crippen molar-refractivity contribution in [3.05, 3.63) is 107 Å². The first-order chi connectivity index (χ1) is 16.3. The highest BCUT2D eigenvalue weighted by Crippen LogP contribution is 2.22. The molecule has 0 saturated heterocycles. The molecule has 4 aromatic rings. The Hall–Kier alpha value is -3.75. The molecule has 0 aliphatic heterocycles. The average molecular weight is 493 g/mol. The number of nitrogens with zero attached hydrogens (tertiary/aromatic N) is 3. The van der Waals surface area contributed by atoms with Gasteiger partial charge in [-0.05, 0) is 42.0 Å². The molecular formula is C25H21ClN4O3S. The number of anilines is 1. The summed E-state index contributed by atoms with van der Waals surface area (Å²) in [5.41, 5.74) is 5.43. The molecule has 0 aliphatic carbocycles. The molecular weight excluding hydrogens is 472 g/mol. The number of benzene rings is 3. The lowest BCUT2D eigenvalue weighted by Gasteiger charge is -2.22. The SMILES string of the molecule is CS(=O)(=O)N(Cc1ccccc1)c1ccc(C(=O)N/N=C\c2cc3ccccc3nc2Cl)cc1. The van der Waals surface area contributed by atoms with Crippen LogP contribution >= 0.6 is 11.6 Å². The standard InChI is InChI=1S/C25H21ClN4O3S/c1-34(32,33)30(17-18-7-3-2-4-8-18)22-13-11-19(12-14-22)25(31)29-27-16-21-15-20-9-5-6-10-23(20)28-24(21)26/h2-16H,17H2,1H3,(H,29,31)/b27-16-. The number of hydrogen-bond acceptors (Lipinski definition) is 5. The van der Waals surface area contributed by atoms with E-state index < -0.39 is 15.9 Å². The molecule has 4 rings (SSSR count). The van der Waals surface area contributed by atoms with Crippen LogP contribution in [0.25, 0.3) is 10.9 Å². The van der Waals surface area contributed by atoms with Crippen molar-refractivity contribution in [1.82, 2.24) is 10.4 Å². The highest BCUT2D eigenvalue weighted by Gasteiger charge is 2.18. The predicted octanol–water partition coefficient (Wildman–Crippen LogP) is 4.62. The second kappa shape index (κ2) is 10.0. The van der Waals surface area contributed by atoms with Gasteiger partial charge in [0.2, 0.25) is 10.0 Å². The fourth-order valence-electron chi connectivity index (χ4n) is 3.35. The van der Waals surface area contributed by atoms with Gasteiger partial charge in [0.1, 0.15) is 5.15 Å². The van der Waals surface area contributed by atoms with E-state index in [1.807, 2.05) is 60.7 Å². The van der Waals surface area contributed by atoms with Crippen LogP contribution in [0.15, 0.2) is 90.0 Å². The molecule has 7 nitrogen and oxygen atoms in total. The molecule has 1 heterocycles. The summed E-state index contributed by atoms with van der Waals surface area (Å²) in [4.78, 5) is 16.8. The molecule has 1 N–H and O–H groups in total. The van der Waals surface area contributed by atoms with Gasteiger partial charge in [0.05, 0.1) is 30.2 Å². The molecule has 0 aliphatic rings. The van der Waals surface area contributed by atoms with E-state index in [0.29, 0.717) is 16.8 Å². The summed E-state index contributed by atoms with van der Waals surface area (Å²) in [5.74, 6) is -0.443. The van der Waals surface area contributed by atoms with Gasteiger partial charge in [-0.3, -0.25) is 9.10 Å². The Kier molecular flexibility index (Phi) is 6.90. The van der Waals surface area contributed by atoms with Crippen LogP contribution in [0.1, 0.15) is 21.5 Å². The van der Waals surface area contributed by atoms with Gasteiger partial charge in [0.25, 0.3) is 5.91 Å². The van der Waals surface area contributed by atoms with Crippen LogP contribution in [0.5, 0.6) is 0 Å². The lowest BCUT2D eigenvalue weighted by atomic mass is 10.2. The van der Waals surface area contributed by atoms with Crippen molar-refractivity contribution in [3.8, 4) is 0 Å². The first-order valence-corrected chi connectivity index (χ1v) is 12.5. The Bertz CT molecular complexity index is 1460. The molecule has 172 valence electrons. The van der Waals surface area contributed by atoms with E-state index in [1.165, 1.54) is 10.5 Å². The smallest absolute Gasteiger partial charge is 0.267 e. The molecule has 3 aromatic carbocycles. The van der Waals surface area contributed by atoms with Gasteiger partial charge < -0.3 is 0 Å². The summed E-state index contributed by atoms with van der Waals surface area (Å²) in [6, 6.07) is 24.9. The van der Waals surface area contributed by atoms with Crippen LogP contribution in [-0.4, -0.2) is 31.8 Å². The molecule has 0 unspecified atom stereocenters. The number of para-hydroxylation sites is 1. The van der Waals surface area contributed by atoms with Crippen molar-refractivity contribution in [2.75, 3.05) is 10.6 Å². The number of hydrogen-bond donors (Lipinski definition) is 1. The van der Waals surface area contributed by atoms with Crippen LogP contribution in [0.2, 0.25) is 5.15 Å². The van der Waals surface area contributed by atoms with Gasteiger partial charge in [-0.25, -0.2) is 18.8 Å². The third-order valence-electron chi connectivity index (χ3n) is 5.06. The zero-order valence-corrected chi connectivity index (χ0v) is 19.8. The molecule has 0 radical (unpaired) electrons. The van der Waals surface area contributed by atoms with E-state index in [9.17, 15) is 13.2 Å². The van der Waals surface area contributed by atoms with Crippen molar-refractivity contribution in [2.45, 2.75) is 6.54 Å². The van der Waals surface area contributed by atoms with Crippen LogP contribution in [0, 0.1) is 0 Å². The van der Waals surface area contributed by atoms with E-state index in [0.717, 1.165) is 22.7 Å². The van der Waals surface area contributed by atoms with Gasteiger partial charge in [0.15, 0.2) is 0 Å². The first kappa shape index (κ1) is 23.4.